The fourth-order valence-electron chi connectivity index (χ4n) is 4.19. The van der Waals surface area contributed by atoms with Gasteiger partial charge in [0, 0.05) is 43.6 Å². The molecule has 0 aliphatic carbocycles. The predicted molar refractivity (Wildman–Crippen MR) is 128 cm³/mol. The molecule has 0 spiro atoms. The zero-order valence-electron chi connectivity index (χ0n) is 19.1. The topological polar surface area (TPSA) is 70.5 Å². The molecule has 2 aromatic carbocycles. The van der Waals surface area contributed by atoms with E-state index in [0.717, 1.165) is 16.8 Å². The largest absolute Gasteiger partial charge is 0.366 e. The summed E-state index contributed by atoms with van der Waals surface area (Å²) in [6, 6.07) is 14.1. The average molecular weight is 450 g/mol. The summed E-state index contributed by atoms with van der Waals surface area (Å²) >= 11 is 0. The smallest absolute Gasteiger partial charge is 0.255 e. The van der Waals surface area contributed by atoms with Crippen molar-refractivity contribution in [2.75, 3.05) is 36.4 Å². The van der Waals surface area contributed by atoms with Crippen LogP contribution >= 0.6 is 0 Å². The molecule has 1 aliphatic heterocycles. The van der Waals surface area contributed by atoms with Crippen LogP contribution in [-0.2, 0) is 11.3 Å². The number of nitrogens with zero attached hydrogens (tertiary/aromatic N) is 4. The minimum atomic E-state index is -0.285. The first kappa shape index (κ1) is 22.5. The highest BCUT2D eigenvalue weighted by Crippen LogP contribution is 2.21. The number of para-hydroxylation sites is 1. The van der Waals surface area contributed by atoms with Gasteiger partial charge in [-0.3, -0.25) is 14.2 Å². The summed E-state index contributed by atoms with van der Waals surface area (Å²) in [7, 11) is 0. The fraction of sp³-hybridized carbons (Fsp3) is 0.320. The Morgan fingerprint density at radius 1 is 1.00 bits per heavy atom. The van der Waals surface area contributed by atoms with Crippen LogP contribution in [0.3, 0.4) is 0 Å². The van der Waals surface area contributed by atoms with Crippen LogP contribution in [0.15, 0.2) is 53.3 Å². The molecule has 4 rings (SSSR count). The Kier molecular flexibility index (Phi) is 6.44. The van der Waals surface area contributed by atoms with Crippen LogP contribution in [0.2, 0.25) is 0 Å². The molecule has 1 amide bonds. The van der Waals surface area contributed by atoms with Crippen molar-refractivity contribution in [2.24, 2.45) is 0 Å². The summed E-state index contributed by atoms with van der Waals surface area (Å²) in [6.45, 7) is 7.62. The van der Waals surface area contributed by atoms with Crippen LogP contribution < -0.4 is 15.8 Å². The Hall–Kier alpha value is -3.68. The molecule has 1 N–H and O–H groups in total. The van der Waals surface area contributed by atoms with Crippen LogP contribution in [-0.4, -0.2) is 46.5 Å². The number of piperazine rings is 1. The first-order chi connectivity index (χ1) is 15.8. The van der Waals surface area contributed by atoms with E-state index in [0.29, 0.717) is 43.5 Å². The Balaban J connectivity index is 1.49. The molecule has 1 saturated heterocycles. The molecule has 0 radical (unpaired) electrons. The number of hydrogen-bond acceptors (Lipinski definition) is 5. The average Bonchev–Trinajstić information content (AvgIpc) is 2.76. The molecule has 0 saturated carbocycles. The first-order valence-electron chi connectivity index (χ1n) is 11.0. The van der Waals surface area contributed by atoms with E-state index in [1.54, 1.807) is 30.0 Å². The van der Waals surface area contributed by atoms with Crippen molar-refractivity contribution >= 4 is 23.2 Å². The number of benzene rings is 2. The molecule has 8 heteroatoms. The molecule has 2 heterocycles. The normalized spacial score (nSPS) is 13.8. The maximum atomic E-state index is 14.1. The molecule has 3 aromatic rings. The van der Waals surface area contributed by atoms with E-state index in [-0.39, 0.29) is 23.8 Å². The Labute approximate surface area is 192 Å². The quantitative estimate of drug-likeness (QED) is 0.647. The summed E-state index contributed by atoms with van der Waals surface area (Å²) in [6.07, 6.45) is 0. The summed E-state index contributed by atoms with van der Waals surface area (Å²) in [4.78, 5) is 33.9. The number of aryl methyl sites for hydroxylation is 3. The Morgan fingerprint density at radius 3 is 2.33 bits per heavy atom. The lowest BCUT2D eigenvalue weighted by Crippen LogP contribution is -2.50. The molecular weight excluding hydrogens is 421 g/mol. The van der Waals surface area contributed by atoms with Crippen molar-refractivity contribution in [2.45, 2.75) is 27.3 Å². The molecular formula is C25H28FN5O2. The number of carbonyl (C=O) groups excluding carboxylic acids is 1. The molecule has 172 valence electrons. The highest BCUT2D eigenvalue weighted by molar-refractivity contribution is 5.77. The monoisotopic (exact) mass is 449 g/mol. The van der Waals surface area contributed by atoms with Crippen molar-refractivity contribution in [3.63, 3.8) is 0 Å². The van der Waals surface area contributed by atoms with Gasteiger partial charge in [-0.05, 0) is 56.2 Å². The standard InChI is InChI=1S/C25H28FN5O2/c1-17-12-18(2)14-20(13-17)28-25-27-19(3)15-23(32)31(25)16-24(33)30-10-8-29(9-11-30)22-7-5-4-6-21(22)26/h4-7,12-15H,8-11,16H2,1-3H3,(H,27,28). The number of halogens is 1. The van der Waals surface area contributed by atoms with Crippen molar-refractivity contribution in [3.8, 4) is 0 Å². The van der Waals surface area contributed by atoms with E-state index in [2.05, 4.69) is 16.4 Å². The van der Waals surface area contributed by atoms with Gasteiger partial charge in [0.05, 0.1) is 5.69 Å². The van der Waals surface area contributed by atoms with Gasteiger partial charge in [0.15, 0.2) is 0 Å². The van der Waals surface area contributed by atoms with Gasteiger partial charge < -0.3 is 15.1 Å². The molecule has 1 aromatic heterocycles. The molecule has 7 nitrogen and oxygen atoms in total. The van der Waals surface area contributed by atoms with Crippen LogP contribution in [0, 0.1) is 26.6 Å². The van der Waals surface area contributed by atoms with E-state index >= 15 is 0 Å². The Morgan fingerprint density at radius 2 is 1.67 bits per heavy atom. The van der Waals surface area contributed by atoms with Crippen molar-refractivity contribution < 1.29 is 9.18 Å². The molecule has 0 unspecified atom stereocenters. The minimum absolute atomic E-state index is 0.112. The summed E-state index contributed by atoms with van der Waals surface area (Å²) in [5.74, 6) is -0.0978. The second-order valence-electron chi connectivity index (χ2n) is 8.47. The van der Waals surface area contributed by atoms with Crippen LogP contribution in [0.1, 0.15) is 16.8 Å². The summed E-state index contributed by atoms with van der Waals surface area (Å²) in [5, 5.41) is 3.21. The fourth-order valence-corrected chi connectivity index (χ4v) is 4.19. The van der Waals surface area contributed by atoms with Gasteiger partial charge in [-0.15, -0.1) is 0 Å². The van der Waals surface area contributed by atoms with Crippen molar-refractivity contribution in [1.29, 1.82) is 0 Å². The lowest BCUT2D eigenvalue weighted by atomic mass is 10.1. The maximum Gasteiger partial charge on any atom is 0.255 e. The first-order valence-corrected chi connectivity index (χ1v) is 11.0. The van der Waals surface area contributed by atoms with Gasteiger partial charge in [-0.25, -0.2) is 9.37 Å². The van der Waals surface area contributed by atoms with Crippen LogP contribution in [0.4, 0.5) is 21.7 Å². The van der Waals surface area contributed by atoms with Gasteiger partial charge in [0.2, 0.25) is 11.9 Å². The third kappa shape index (κ3) is 5.22. The second kappa shape index (κ2) is 9.44. The van der Waals surface area contributed by atoms with Crippen molar-refractivity contribution in [1.82, 2.24) is 14.5 Å². The maximum absolute atomic E-state index is 14.1. The third-order valence-corrected chi connectivity index (χ3v) is 5.73. The number of hydrogen-bond donors (Lipinski definition) is 1. The number of aromatic nitrogens is 2. The van der Waals surface area contributed by atoms with Crippen molar-refractivity contribution in [3.05, 3.63) is 81.5 Å². The van der Waals surface area contributed by atoms with E-state index in [9.17, 15) is 14.0 Å². The number of anilines is 3. The van der Waals surface area contributed by atoms with Gasteiger partial charge in [0.25, 0.3) is 5.56 Å². The van der Waals surface area contributed by atoms with E-state index in [1.807, 2.05) is 30.9 Å². The molecule has 0 bridgehead atoms. The van der Waals surface area contributed by atoms with Gasteiger partial charge in [-0.2, -0.15) is 0 Å². The van der Waals surface area contributed by atoms with Gasteiger partial charge in [-0.1, -0.05) is 18.2 Å². The second-order valence-corrected chi connectivity index (χ2v) is 8.47. The summed E-state index contributed by atoms with van der Waals surface area (Å²) in [5.41, 5.74) is 3.82. The summed E-state index contributed by atoms with van der Waals surface area (Å²) < 4.78 is 15.5. The van der Waals surface area contributed by atoms with E-state index in [1.165, 1.54) is 16.7 Å². The predicted octanol–water partition coefficient (Wildman–Crippen LogP) is 3.40. The zero-order valence-corrected chi connectivity index (χ0v) is 19.1. The van der Waals surface area contributed by atoms with E-state index < -0.39 is 0 Å². The lowest BCUT2D eigenvalue weighted by Gasteiger charge is -2.36. The number of amides is 1. The number of rotatable bonds is 5. The molecule has 33 heavy (non-hydrogen) atoms. The van der Waals surface area contributed by atoms with Crippen LogP contribution in [0.25, 0.3) is 0 Å². The number of carbonyl (C=O) groups is 1. The van der Waals surface area contributed by atoms with Gasteiger partial charge in [0.1, 0.15) is 12.4 Å². The molecule has 1 aliphatic rings. The van der Waals surface area contributed by atoms with Crippen LogP contribution in [0.5, 0.6) is 0 Å². The highest BCUT2D eigenvalue weighted by Gasteiger charge is 2.24. The lowest BCUT2D eigenvalue weighted by molar-refractivity contribution is -0.132. The SMILES string of the molecule is Cc1cc(C)cc(Nc2nc(C)cc(=O)n2CC(=O)N2CCN(c3ccccc3F)CC2)c1. The third-order valence-electron chi connectivity index (χ3n) is 5.73. The van der Waals surface area contributed by atoms with E-state index in [4.69, 9.17) is 0 Å². The zero-order chi connectivity index (χ0) is 23.5. The number of nitrogens with one attached hydrogen (secondary N) is 1. The molecule has 1 fully saturated rings. The molecule has 0 atom stereocenters. The highest BCUT2D eigenvalue weighted by atomic mass is 19.1. The van der Waals surface area contributed by atoms with Gasteiger partial charge >= 0.3 is 0 Å². The Bertz CT molecular complexity index is 1210. The minimum Gasteiger partial charge on any atom is -0.366 e.